The van der Waals surface area contributed by atoms with Gasteiger partial charge in [-0.05, 0) is 31.4 Å². The third-order valence-electron chi connectivity index (χ3n) is 3.75. The molecule has 0 aromatic heterocycles. The van der Waals surface area contributed by atoms with Crippen molar-refractivity contribution < 1.29 is 19.1 Å². The van der Waals surface area contributed by atoms with Gasteiger partial charge in [-0.25, -0.2) is 0 Å². The number of para-hydroxylation sites is 1. The van der Waals surface area contributed by atoms with Crippen molar-refractivity contribution in [2.24, 2.45) is 5.92 Å². The zero-order chi connectivity index (χ0) is 15.2. The summed E-state index contributed by atoms with van der Waals surface area (Å²) >= 11 is 0. The van der Waals surface area contributed by atoms with E-state index in [9.17, 15) is 9.59 Å². The highest BCUT2D eigenvalue weighted by Gasteiger charge is 2.29. The van der Waals surface area contributed by atoms with E-state index in [0.717, 1.165) is 18.4 Å². The molecule has 0 saturated carbocycles. The fraction of sp³-hybridized carbons (Fsp3) is 0.500. The molecule has 1 heterocycles. The van der Waals surface area contributed by atoms with Crippen LogP contribution in [0.4, 0.5) is 0 Å². The van der Waals surface area contributed by atoms with Crippen molar-refractivity contribution in [1.82, 2.24) is 4.90 Å². The summed E-state index contributed by atoms with van der Waals surface area (Å²) in [5.74, 6) is 0.165. The molecule has 1 aliphatic heterocycles. The summed E-state index contributed by atoms with van der Waals surface area (Å²) in [4.78, 5) is 25.4. The maximum Gasteiger partial charge on any atom is 0.310 e. The Labute approximate surface area is 124 Å². The summed E-state index contributed by atoms with van der Waals surface area (Å²) < 4.78 is 10.3. The molecule has 1 fully saturated rings. The van der Waals surface area contributed by atoms with Crippen molar-refractivity contribution in [3.05, 3.63) is 29.8 Å². The molecule has 1 aromatic carbocycles. The lowest BCUT2D eigenvalue weighted by Gasteiger charge is -2.31. The third-order valence-corrected chi connectivity index (χ3v) is 3.75. The first-order valence-corrected chi connectivity index (χ1v) is 7.16. The van der Waals surface area contributed by atoms with E-state index in [-0.39, 0.29) is 24.4 Å². The molecule has 0 aliphatic carbocycles. The van der Waals surface area contributed by atoms with E-state index >= 15 is 0 Å². The molecule has 0 radical (unpaired) electrons. The number of methoxy groups -OCH3 is 1. The van der Waals surface area contributed by atoms with Gasteiger partial charge < -0.3 is 14.4 Å². The number of nitrogens with zero attached hydrogens (tertiary/aromatic N) is 1. The average Bonchev–Trinajstić information content (AvgIpc) is 2.53. The van der Waals surface area contributed by atoms with Gasteiger partial charge in [0.05, 0.1) is 13.0 Å². The number of carbonyl (C=O) groups is 2. The van der Waals surface area contributed by atoms with Gasteiger partial charge in [-0.1, -0.05) is 18.2 Å². The van der Waals surface area contributed by atoms with Gasteiger partial charge in [0.2, 0.25) is 0 Å². The lowest BCUT2D eigenvalue weighted by Crippen LogP contribution is -2.44. The van der Waals surface area contributed by atoms with E-state index in [1.54, 1.807) is 4.90 Å². The molecule has 1 saturated heterocycles. The van der Waals surface area contributed by atoms with E-state index in [1.165, 1.54) is 7.11 Å². The molecule has 5 nitrogen and oxygen atoms in total. The van der Waals surface area contributed by atoms with E-state index in [0.29, 0.717) is 18.8 Å². The van der Waals surface area contributed by atoms with Crippen LogP contribution in [0.25, 0.3) is 0 Å². The number of carbonyl (C=O) groups excluding carboxylic acids is 2. The molecule has 0 spiro atoms. The van der Waals surface area contributed by atoms with Gasteiger partial charge in [-0.3, -0.25) is 9.59 Å². The zero-order valence-electron chi connectivity index (χ0n) is 12.5. The number of hydrogen-bond acceptors (Lipinski definition) is 4. The second kappa shape index (κ2) is 7.11. The normalized spacial score (nSPS) is 18.2. The lowest BCUT2D eigenvalue weighted by atomic mass is 9.98. The van der Waals surface area contributed by atoms with Crippen molar-refractivity contribution in [2.45, 2.75) is 19.8 Å². The van der Waals surface area contributed by atoms with Gasteiger partial charge in [-0.15, -0.1) is 0 Å². The van der Waals surface area contributed by atoms with Crippen LogP contribution in [-0.4, -0.2) is 43.6 Å². The molecule has 2 rings (SSSR count). The molecule has 0 N–H and O–H groups in total. The van der Waals surface area contributed by atoms with Crippen LogP contribution >= 0.6 is 0 Å². The predicted molar refractivity (Wildman–Crippen MR) is 78.0 cm³/mol. The zero-order valence-corrected chi connectivity index (χ0v) is 12.5. The first kappa shape index (κ1) is 15.4. The van der Waals surface area contributed by atoms with Crippen molar-refractivity contribution in [2.75, 3.05) is 26.8 Å². The first-order chi connectivity index (χ1) is 10.1. The molecule has 5 heteroatoms. The smallest absolute Gasteiger partial charge is 0.310 e. The van der Waals surface area contributed by atoms with Crippen LogP contribution < -0.4 is 4.74 Å². The topological polar surface area (TPSA) is 55.8 Å². The van der Waals surface area contributed by atoms with Crippen LogP contribution in [0.5, 0.6) is 5.75 Å². The second-order valence-electron chi connectivity index (χ2n) is 5.26. The summed E-state index contributed by atoms with van der Waals surface area (Å²) in [5, 5.41) is 0. The Balaban J connectivity index is 1.88. The summed E-state index contributed by atoms with van der Waals surface area (Å²) in [5.41, 5.74) is 0.997. The number of aryl methyl sites for hydroxylation is 1. The molecular weight excluding hydrogens is 270 g/mol. The molecule has 0 unspecified atom stereocenters. The Kier molecular flexibility index (Phi) is 5.20. The molecular formula is C16H21NO4. The minimum atomic E-state index is -0.243. The molecule has 1 atom stereocenters. The van der Waals surface area contributed by atoms with Gasteiger partial charge >= 0.3 is 5.97 Å². The minimum Gasteiger partial charge on any atom is -0.484 e. The fourth-order valence-corrected chi connectivity index (χ4v) is 2.51. The maximum atomic E-state index is 12.2. The summed E-state index contributed by atoms with van der Waals surface area (Å²) in [7, 11) is 1.38. The van der Waals surface area contributed by atoms with Crippen LogP contribution in [0.3, 0.4) is 0 Å². The van der Waals surface area contributed by atoms with Crippen molar-refractivity contribution >= 4 is 11.9 Å². The Morgan fingerprint density at radius 3 is 2.81 bits per heavy atom. The van der Waals surface area contributed by atoms with Crippen LogP contribution in [0.2, 0.25) is 0 Å². The van der Waals surface area contributed by atoms with Gasteiger partial charge in [0, 0.05) is 13.1 Å². The van der Waals surface area contributed by atoms with Gasteiger partial charge in [-0.2, -0.15) is 0 Å². The molecule has 1 aliphatic rings. The number of piperidine rings is 1. The van der Waals surface area contributed by atoms with Crippen molar-refractivity contribution in [3.8, 4) is 5.75 Å². The minimum absolute atomic E-state index is 0.00124. The van der Waals surface area contributed by atoms with Crippen LogP contribution in [0.15, 0.2) is 24.3 Å². The SMILES string of the molecule is COC(=O)[C@H]1CCCN(C(=O)COc2ccccc2C)C1. The van der Waals surface area contributed by atoms with Crippen LogP contribution in [-0.2, 0) is 14.3 Å². The Morgan fingerprint density at radius 2 is 2.10 bits per heavy atom. The largest absolute Gasteiger partial charge is 0.484 e. The number of esters is 1. The van der Waals surface area contributed by atoms with Gasteiger partial charge in [0.25, 0.3) is 5.91 Å². The maximum absolute atomic E-state index is 12.2. The van der Waals surface area contributed by atoms with Gasteiger partial charge in [0.15, 0.2) is 6.61 Å². The fourth-order valence-electron chi connectivity index (χ4n) is 2.51. The Hall–Kier alpha value is -2.04. The Bertz CT molecular complexity index is 515. The molecule has 1 aromatic rings. The summed E-state index contributed by atoms with van der Waals surface area (Å²) in [6.45, 7) is 3.03. The second-order valence-corrected chi connectivity index (χ2v) is 5.26. The molecule has 114 valence electrons. The van der Waals surface area contributed by atoms with Crippen molar-refractivity contribution in [3.63, 3.8) is 0 Å². The van der Waals surface area contributed by atoms with Gasteiger partial charge in [0.1, 0.15) is 5.75 Å². The number of benzene rings is 1. The highest BCUT2D eigenvalue weighted by Crippen LogP contribution is 2.19. The summed E-state index contributed by atoms with van der Waals surface area (Å²) in [6, 6.07) is 7.58. The number of ether oxygens (including phenoxy) is 2. The highest BCUT2D eigenvalue weighted by atomic mass is 16.5. The summed E-state index contributed by atoms with van der Waals surface area (Å²) in [6.07, 6.45) is 1.59. The predicted octanol–water partition coefficient (Wildman–Crippen LogP) is 1.79. The Morgan fingerprint density at radius 1 is 1.33 bits per heavy atom. The monoisotopic (exact) mass is 291 g/mol. The molecule has 1 amide bonds. The molecule has 21 heavy (non-hydrogen) atoms. The van der Waals surface area contributed by atoms with Crippen molar-refractivity contribution in [1.29, 1.82) is 0 Å². The molecule has 0 bridgehead atoms. The third kappa shape index (κ3) is 3.97. The quantitative estimate of drug-likeness (QED) is 0.794. The number of hydrogen-bond donors (Lipinski definition) is 0. The van der Waals surface area contributed by atoms with Crippen LogP contribution in [0, 0.1) is 12.8 Å². The number of amides is 1. The van der Waals surface area contributed by atoms with E-state index in [4.69, 9.17) is 9.47 Å². The first-order valence-electron chi connectivity index (χ1n) is 7.16. The van der Waals surface area contributed by atoms with Crippen LogP contribution in [0.1, 0.15) is 18.4 Å². The highest BCUT2D eigenvalue weighted by molar-refractivity contribution is 5.79. The van der Waals surface area contributed by atoms with E-state index in [2.05, 4.69) is 0 Å². The number of likely N-dealkylation sites (tertiary alicyclic amines) is 1. The standard InChI is InChI=1S/C16H21NO4/c1-12-6-3-4-8-14(12)21-11-15(18)17-9-5-7-13(10-17)16(19)20-2/h3-4,6,8,13H,5,7,9-11H2,1-2H3/t13-/m0/s1. The van der Waals surface area contributed by atoms with E-state index in [1.807, 2.05) is 31.2 Å². The number of rotatable bonds is 4. The van der Waals surface area contributed by atoms with E-state index < -0.39 is 0 Å². The average molecular weight is 291 g/mol. The lowest BCUT2D eigenvalue weighted by molar-refractivity contribution is -0.149.